The molecular formula is C62H117NO5. The van der Waals surface area contributed by atoms with Crippen molar-refractivity contribution in [3.8, 4) is 0 Å². The van der Waals surface area contributed by atoms with E-state index in [9.17, 15) is 19.8 Å². The van der Waals surface area contributed by atoms with Crippen LogP contribution in [0.3, 0.4) is 0 Å². The molecule has 68 heavy (non-hydrogen) atoms. The molecule has 0 radical (unpaired) electrons. The van der Waals surface area contributed by atoms with Gasteiger partial charge in [-0.2, -0.15) is 0 Å². The van der Waals surface area contributed by atoms with Crippen LogP contribution in [-0.4, -0.2) is 47.4 Å². The average molecular weight is 957 g/mol. The fourth-order valence-electron chi connectivity index (χ4n) is 9.21. The van der Waals surface area contributed by atoms with Crippen LogP contribution in [-0.2, 0) is 14.3 Å². The molecule has 0 fully saturated rings. The molecule has 3 N–H and O–H groups in total. The molecule has 0 aliphatic rings. The second-order valence-corrected chi connectivity index (χ2v) is 20.7. The molecule has 0 aromatic carbocycles. The van der Waals surface area contributed by atoms with Crippen LogP contribution >= 0.6 is 0 Å². The number of carbonyl (C=O) groups excluding carboxylic acids is 2. The molecule has 2 atom stereocenters. The van der Waals surface area contributed by atoms with E-state index in [2.05, 4.69) is 43.5 Å². The summed E-state index contributed by atoms with van der Waals surface area (Å²) in [5.41, 5.74) is 0. The predicted molar refractivity (Wildman–Crippen MR) is 296 cm³/mol. The molecule has 6 heteroatoms. The highest BCUT2D eigenvalue weighted by Gasteiger charge is 2.18. The van der Waals surface area contributed by atoms with Gasteiger partial charge in [0.15, 0.2) is 0 Å². The Hall–Kier alpha value is -1.92. The summed E-state index contributed by atoms with van der Waals surface area (Å²) in [6.45, 7) is 4.83. The minimum atomic E-state index is -0.868. The van der Waals surface area contributed by atoms with Crippen molar-refractivity contribution in [2.24, 2.45) is 0 Å². The van der Waals surface area contributed by atoms with Gasteiger partial charge in [0.25, 0.3) is 0 Å². The molecule has 0 aromatic rings. The Bertz CT molecular complexity index is 1100. The maximum Gasteiger partial charge on any atom is 0.305 e. The van der Waals surface area contributed by atoms with Crippen molar-refractivity contribution in [2.75, 3.05) is 13.2 Å². The number of hydrogen-bond acceptors (Lipinski definition) is 5. The van der Waals surface area contributed by atoms with Crippen LogP contribution in [0.1, 0.15) is 322 Å². The maximum absolute atomic E-state index is 12.5. The number of aliphatic hydroxyl groups is 2. The zero-order valence-electron chi connectivity index (χ0n) is 45.6. The zero-order chi connectivity index (χ0) is 49.3. The molecule has 0 aromatic heterocycles. The quantitative estimate of drug-likeness (QED) is 0.0321. The average Bonchev–Trinajstić information content (AvgIpc) is 3.34. The zero-order valence-corrected chi connectivity index (χ0v) is 45.6. The van der Waals surface area contributed by atoms with Gasteiger partial charge in [0.05, 0.1) is 25.4 Å². The summed E-state index contributed by atoms with van der Waals surface area (Å²) in [5, 5.41) is 23.2. The number of hydrogen-bond donors (Lipinski definition) is 3. The SMILES string of the molecule is CCCCCCCCC/C=C\CCCCCCCCCC(=O)OCCCC/C=C\CCCCCCC(=O)NC(CO)C(O)/C=C/CCCCCCCCCCCCCCCCCCCCCCC. The summed E-state index contributed by atoms with van der Waals surface area (Å²) in [6.07, 6.45) is 71.8. The second kappa shape index (κ2) is 57.7. The van der Waals surface area contributed by atoms with E-state index in [1.54, 1.807) is 6.08 Å². The lowest BCUT2D eigenvalue weighted by atomic mass is 10.0. The topological polar surface area (TPSA) is 95.9 Å². The van der Waals surface area contributed by atoms with Crippen LogP contribution < -0.4 is 5.32 Å². The lowest BCUT2D eigenvalue weighted by Gasteiger charge is -2.20. The number of aliphatic hydroxyl groups excluding tert-OH is 2. The Labute approximate surface area is 424 Å². The minimum absolute atomic E-state index is 0.0408. The lowest BCUT2D eigenvalue weighted by molar-refractivity contribution is -0.143. The molecule has 0 saturated heterocycles. The van der Waals surface area contributed by atoms with E-state index >= 15 is 0 Å². The normalized spacial score (nSPS) is 12.8. The molecular weight excluding hydrogens is 839 g/mol. The minimum Gasteiger partial charge on any atom is -0.466 e. The van der Waals surface area contributed by atoms with E-state index in [1.165, 1.54) is 218 Å². The largest absolute Gasteiger partial charge is 0.466 e. The number of allylic oxidation sites excluding steroid dienone is 5. The number of amides is 1. The summed E-state index contributed by atoms with van der Waals surface area (Å²) in [4.78, 5) is 24.6. The fraction of sp³-hybridized carbons (Fsp3) is 0.871. The molecule has 1 amide bonds. The lowest BCUT2D eigenvalue weighted by Crippen LogP contribution is -2.45. The first-order chi connectivity index (χ1) is 33.5. The first-order valence-electron chi connectivity index (χ1n) is 30.3. The van der Waals surface area contributed by atoms with Crippen molar-refractivity contribution >= 4 is 11.9 Å². The van der Waals surface area contributed by atoms with Gasteiger partial charge in [-0.1, -0.05) is 262 Å². The molecule has 0 aliphatic carbocycles. The van der Waals surface area contributed by atoms with E-state index in [0.717, 1.165) is 77.0 Å². The van der Waals surface area contributed by atoms with Gasteiger partial charge in [-0.3, -0.25) is 9.59 Å². The van der Waals surface area contributed by atoms with Crippen LogP contribution in [0.25, 0.3) is 0 Å². The number of nitrogens with one attached hydrogen (secondary N) is 1. The Balaban J connectivity index is 3.53. The highest BCUT2D eigenvalue weighted by Crippen LogP contribution is 2.17. The standard InChI is InChI=1S/C62H117NO5/c1-3-5-7-9-11-13-15-17-19-21-23-24-25-26-27-28-30-32-34-38-42-46-50-54-60(65)59(58-64)63-61(66)55-51-47-43-39-36-37-41-45-49-53-57-68-62(67)56-52-48-44-40-35-33-31-29-22-20-18-16-14-12-10-8-6-4-2/h20,22,37,41,50,54,59-60,64-65H,3-19,21,23-36,38-40,42-49,51-53,55-58H2,1-2H3,(H,63,66)/b22-20-,41-37-,54-50+. The van der Waals surface area contributed by atoms with Crippen LogP contribution in [0.4, 0.5) is 0 Å². The van der Waals surface area contributed by atoms with Crippen LogP contribution in [0, 0.1) is 0 Å². The second-order valence-electron chi connectivity index (χ2n) is 20.7. The number of esters is 1. The smallest absolute Gasteiger partial charge is 0.305 e. The molecule has 0 spiro atoms. The molecule has 6 nitrogen and oxygen atoms in total. The van der Waals surface area contributed by atoms with Gasteiger partial charge in [-0.25, -0.2) is 0 Å². The maximum atomic E-state index is 12.5. The summed E-state index contributed by atoms with van der Waals surface area (Å²) in [6, 6.07) is -0.655. The van der Waals surface area contributed by atoms with Gasteiger partial charge in [0.2, 0.25) is 5.91 Å². The fourth-order valence-corrected chi connectivity index (χ4v) is 9.21. The highest BCUT2D eigenvalue weighted by atomic mass is 16.5. The number of unbranched alkanes of at least 4 members (excludes halogenated alkanes) is 41. The van der Waals surface area contributed by atoms with Gasteiger partial charge in [0.1, 0.15) is 0 Å². The third-order valence-corrected chi connectivity index (χ3v) is 13.9. The monoisotopic (exact) mass is 956 g/mol. The van der Waals surface area contributed by atoms with Crippen LogP contribution in [0.5, 0.6) is 0 Å². The number of ether oxygens (including phenoxy) is 1. The third-order valence-electron chi connectivity index (χ3n) is 13.9. The van der Waals surface area contributed by atoms with E-state index in [-0.39, 0.29) is 18.5 Å². The first-order valence-corrected chi connectivity index (χ1v) is 30.3. The van der Waals surface area contributed by atoms with E-state index in [0.29, 0.717) is 19.4 Å². The Morgan fingerprint density at radius 3 is 1.04 bits per heavy atom. The summed E-state index contributed by atoms with van der Waals surface area (Å²) in [7, 11) is 0. The van der Waals surface area contributed by atoms with Gasteiger partial charge in [0, 0.05) is 12.8 Å². The highest BCUT2D eigenvalue weighted by molar-refractivity contribution is 5.76. The van der Waals surface area contributed by atoms with Gasteiger partial charge in [-0.05, 0) is 83.5 Å². The van der Waals surface area contributed by atoms with Crippen molar-refractivity contribution in [1.29, 1.82) is 0 Å². The number of rotatable bonds is 56. The molecule has 2 unspecified atom stereocenters. The predicted octanol–water partition coefficient (Wildman–Crippen LogP) is 18.8. The first kappa shape index (κ1) is 66.1. The third kappa shape index (κ3) is 53.4. The van der Waals surface area contributed by atoms with Crippen LogP contribution in [0.15, 0.2) is 36.5 Å². The molecule has 0 heterocycles. The number of carbonyl (C=O) groups is 2. The molecule has 0 rings (SSSR count). The van der Waals surface area contributed by atoms with Gasteiger partial charge in [-0.15, -0.1) is 0 Å². The summed E-state index contributed by atoms with van der Waals surface area (Å²) in [5.74, 6) is -0.142. The molecule has 0 aliphatic heterocycles. The Morgan fingerprint density at radius 2 is 0.691 bits per heavy atom. The van der Waals surface area contributed by atoms with Gasteiger partial charge < -0.3 is 20.3 Å². The molecule has 400 valence electrons. The van der Waals surface area contributed by atoms with Crippen LogP contribution in [0.2, 0.25) is 0 Å². The van der Waals surface area contributed by atoms with Crippen molar-refractivity contribution in [3.05, 3.63) is 36.5 Å². The van der Waals surface area contributed by atoms with Crippen molar-refractivity contribution < 1.29 is 24.5 Å². The van der Waals surface area contributed by atoms with E-state index in [4.69, 9.17) is 4.74 Å². The van der Waals surface area contributed by atoms with Crippen molar-refractivity contribution in [1.82, 2.24) is 5.32 Å². The Kier molecular flexibility index (Phi) is 56.0. The molecule has 0 saturated carbocycles. The van der Waals surface area contributed by atoms with Crippen molar-refractivity contribution in [3.63, 3.8) is 0 Å². The summed E-state index contributed by atoms with van der Waals surface area (Å²) >= 11 is 0. The van der Waals surface area contributed by atoms with E-state index < -0.39 is 12.1 Å². The molecule has 0 bridgehead atoms. The summed E-state index contributed by atoms with van der Waals surface area (Å²) < 4.78 is 5.45. The Morgan fingerprint density at radius 1 is 0.397 bits per heavy atom. The van der Waals surface area contributed by atoms with E-state index in [1.807, 2.05) is 6.08 Å². The van der Waals surface area contributed by atoms with Crippen molar-refractivity contribution in [2.45, 2.75) is 334 Å². The van der Waals surface area contributed by atoms with Gasteiger partial charge >= 0.3 is 5.97 Å².